The Kier molecular flexibility index (Phi) is 5.91. The molecule has 0 radical (unpaired) electrons. The number of benzene rings is 1. The summed E-state index contributed by atoms with van der Waals surface area (Å²) >= 11 is 1.40. The molecule has 22 heavy (non-hydrogen) atoms. The molecule has 6 heteroatoms. The number of methoxy groups -OCH3 is 1. The number of carbonyl (C=O) groups is 1. The van der Waals surface area contributed by atoms with Crippen molar-refractivity contribution in [3.8, 4) is 16.3 Å². The summed E-state index contributed by atoms with van der Waals surface area (Å²) in [7, 11) is 1.62. The number of aromatic nitrogens is 1. The third-order valence-corrected chi connectivity index (χ3v) is 3.71. The lowest BCUT2D eigenvalue weighted by atomic mass is 10.2. The molecule has 0 unspecified atom stereocenters. The van der Waals surface area contributed by atoms with E-state index in [1.165, 1.54) is 11.3 Å². The lowest BCUT2D eigenvalue weighted by Gasteiger charge is -2.07. The van der Waals surface area contributed by atoms with Crippen molar-refractivity contribution in [3.63, 3.8) is 0 Å². The van der Waals surface area contributed by atoms with Crippen molar-refractivity contribution >= 4 is 17.3 Å². The molecule has 0 aliphatic rings. The number of ether oxygens (including phenoxy) is 3. The lowest BCUT2D eigenvalue weighted by Crippen LogP contribution is -2.13. The highest BCUT2D eigenvalue weighted by molar-refractivity contribution is 7.13. The fourth-order valence-electron chi connectivity index (χ4n) is 1.73. The molecular weight excluding hydrogens is 302 g/mol. The highest BCUT2D eigenvalue weighted by Gasteiger charge is 2.13. The largest absolute Gasteiger partial charge is 0.497 e. The fraction of sp³-hybridized carbons (Fsp3) is 0.375. The molecule has 0 N–H and O–H groups in total. The van der Waals surface area contributed by atoms with E-state index in [-0.39, 0.29) is 12.7 Å². The predicted octanol–water partition coefficient (Wildman–Crippen LogP) is 3.40. The summed E-state index contributed by atoms with van der Waals surface area (Å²) in [5.74, 6) is 0.355. The van der Waals surface area contributed by atoms with E-state index in [2.05, 4.69) is 4.98 Å². The quantitative estimate of drug-likeness (QED) is 0.578. The summed E-state index contributed by atoms with van der Waals surface area (Å²) in [5, 5.41) is 2.47. The molecule has 2 rings (SSSR count). The number of hydrogen-bond donors (Lipinski definition) is 0. The monoisotopic (exact) mass is 321 g/mol. The third kappa shape index (κ3) is 4.54. The van der Waals surface area contributed by atoms with E-state index in [0.29, 0.717) is 12.3 Å². The number of carbonyl (C=O) groups excluding carboxylic acids is 1. The van der Waals surface area contributed by atoms with Gasteiger partial charge in [-0.05, 0) is 38.1 Å². The molecule has 2 aromatic rings. The van der Waals surface area contributed by atoms with Crippen molar-refractivity contribution in [3.05, 3.63) is 35.3 Å². The molecule has 0 amide bonds. The van der Waals surface area contributed by atoms with E-state index in [9.17, 15) is 4.79 Å². The number of esters is 1. The Morgan fingerprint density at radius 1 is 1.23 bits per heavy atom. The van der Waals surface area contributed by atoms with Gasteiger partial charge in [0.15, 0.2) is 5.69 Å². The van der Waals surface area contributed by atoms with E-state index in [0.717, 1.165) is 16.3 Å². The van der Waals surface area contributed by atoms with Crippen molar-refractivity contribution in [2.45, 2.75) is 20.0 Å². The molecule has 0 aliphatic heterocycles. The van der Waals surface area contributed by atoms with Gasteiger partial charge >= 0.3 is 5.97 Å². The zero-order chi connectivity index (χ0) is 15.9. The highest BCUT2D eigenvalue weighted by atomic mass is 32.1. The minimum absolute atomic E-state index is 0.125. The van der Waals surface area contributed by atoms with Crippen molar-refractivity contribution in [1.82, 2.24) is 4.98 Å². The Morgan fingerprint density at radius 2 is 1.95 bits per heavy atom. The topological polar surface area (TPSA) is 57.7 Å². The first-order chi connectivity index (χ1) is 10.6. The summed E-state index contributed by atoms with van der Waals surface area (Å²) in [6, 6.07) is 7.53. The van der Waals surface area contributed by atoms with Crippen LogP contribution in [0.4, 0.5) is 0 Å². The second-order valence-corrected chi connectivity index (χ2v) is 5.68. The smallest absolute Gasteiger partial charge is 0.357 e. The van der Waals surface area contributed by atoms with Gasteiger partial charge in [-0.1, -0.05) is 0 Å². The second-order valence-electron chi connectivity index (χ2n) is 4.82. The molecular formula is C16H19NO4S. The minimum atomic E-state index is -0.427. The zero-order valence-electron chi connectivity index (χ0n) is 12.9. The van der Waals surface area contributed by atoms with Crippen LogP contribution in [0.25, 0.3) is 10.6 Å². The predicted molar refractivity (Wildman–Crippen MR) is 85.5 cm³/mol. The van der Waals surface area contributed by atoms with Crippen molar-refractivity contribution in [1.29, 1.82) is 0 Å². The van der Waals surface area contributed by atoms with Crippen LogP contribution in [0.2, 0.25) is 0 Å². The van der Waals surface area contributed by atoms with Crippen molar-refractivity contribution in [2.75, 3.05) is 20.3 Å². The van der Waals surface area contributed by atoms with Gasteiger partial charge in [-0.2, -0.15) is 0 Å². The normalized spacial score (nSPS) is 10.7. The summed E-state index contributed by atoms with van der Waals surface area (Å²) in [4.78, 5) is 16.2. The summed E-state index contributed by atoms with van der Waals surface area (Å²) in [6.45, 7) is 4.48. The van der Waals surface area contributed by atoms with Crippen LogP contribution in [-0.4, -0.2) is 37.4 Å². The summed E-state index contributed by atoms with van der Waals surface area (Å²) < 4.78 is 15.6. The molecule has 0 bridgehead atoms. The number of nitrogens with zero attached hydrogens (tertiary/aromatic N) is 1. The van der Waals surface area contributed by atoms with E-state index < -0.39 is 5.97 Å². The molecule has 118 valence electrons. The maximum absolute atomic E-state index is 11.9. The lowest BCUT2D eigenvalue weighted by molar-refractivity contribution is 0.0173. The first-order valence-electron chi connectivity index (χ1n) is 6.99. The molecule has 0 fully saturated rings. The standard InChI is InChI=1S/C16H19NO4S/c1-11(2)20-8-9-21-16(18)14-10-22-15(17-14)12-4-6-13(19-3)7-5-12/h4-7,10-11H,8-9H2,1-3H3. The van der Waals surface area contributed by atoms with Gasteiger partial charge in [0.2, 0.25) is 0 Å². The van der Waals surface area contributed by atoms with E-state index in [4.69, 9.17) is 14.2 Å². The van der Waals surface area contributed by atoms with Crippen LogP contribution in [0.5, 0.6) is 5.75 Å². The molecule has 1 aromatic carbocycles. The van der Waals surface area contributed by atoms with Gasteiger partial charge in [-0.3, -0.25) is 0 Å². The summed E-state index contributed by atoms with van der Waals surface area (Å²) in [6.07, 6.45) is 0.125. The average Bonchev–Trinajstić information content (AvgIpc) is 3.01. The number of thiazole rings is 1. The van der Waals surface area contributed by atoms with Crippen LogP contribution in [0.3, 0.4) is 0 Å². The maximum Gasteiger partial charge on any atom is 0.357 e. The summed E-state index contributed by atoms with van der Waals surface area (Å²) in [5.41, 5.74) is 1.26. The Labute approximate surface area is 133 Å². The van der Waals surface area contributed by atoms with Crippen LogP contribution >= 0.6 is 11.3 Å². The van der Waals surface area contributed by atoms with Crippen LogP contribution in [0.15, 0.2) is 29.6 Å². The molecule has 5 nitrogen and oxygen atoms in total. The first kappa shape index (κ1) is 16.5. The minimum Gasteiger partial charge on any atom is -0.497 e. The highest BCUT2D eigenvalue weighted by Crippen LogP contribution is 2.25. The fourth-order valence-corrected chi connectivity index (χ4v) is 2.52. The molecule has 0 aliphatic carbocycles. The van der Waals surface area contributed by atoms with Gasteiger partial charge in [0.1, 0.15) is 17.4 Å². The van der Waals surface area contributed by atoms with Crippen LogP contribution in [0.1, 0.15) is 24.3 Å². The van der Waals surface area contributed by atoms with E-state index in [1.807, 2.05) is 38.1 Å². The van der Waals surface area contributed by atoms with Gasteiger partial charge in [0.25, 0.3) is 0 Å². The van der Waals surface area contributed by atoms with E-state index >= 15 is 0 Å². The molecule has 0 saturated carbocycles. The Balaban J connectivity index is 1.93. The second kappa shape index (κ2) is 7.91. The van der Waals surface area contributed by atoms with E-state index in [1.54, 1.807) is 12.5 Å². The van der Waals surface area contributed by atoms with Crippen molar-refractivity contribution in [2.24, 2.45) is 0 Å². The Bertz CT molecular complexity index is 607. The molecule has 1 heterocycles. The van der Waals surface area contributed by atoms with Crippen LogP contribution in [0, 0.1) is 0 Å². The van der Waals surface area contributed by atoms with Gasteiger partial charge in [-0.25, -0.2) is 9.78 Å². The van der Waals surface area contributed by atoms with Gasteiger partial charge in [0, 0.05) is 10.9 Å². The average molecular weight is 321 g/mol. The molecule has 1 aromatic heterocycles. The van der Waals surface area contributed by atoms with Crippen LogP contribution < -0.4 is 4.74 Å². The zero-order valence-corrected chi connectivity index (χ0v) is 13.7. The first-order valence-corrected chi connectivity index (χ1v) is 7.87. The Hall–Kier alpha value is -1.92. The Morgan fingerprint density at radius 3 is 2.59 bits per heavy atom. The van der Waals surface area contributed by atoms with Gasteiger partial charge < -0.3 is 14.2 Å². The van der Waals surface area contributed by atoms with Gasteiger partial charge in [0.05, 0.1) is 19.8 Å². The maximum atomic E-state index is 11.9. The molecule has 0 spiro atoms. The molecule has 0 atom stereocenters. The van der Waals surface area contributed by atoms with Crippen LogP contribution in [-0.2, 0) is 9.47 Å². The SMILES string of the molecule is COc1ccc(-c2nc(C(=O)OCCOC(C)C)cs2)cc1. The van der Waals surface area contributed by atoms with Crippen molar-refractivity contribution < 1.29 is 19.0 Å². The molecule has 0 saturated heterocycles. The number of rotatable bonds is 7. The third-order valence-electron chi connectivity index (χ3n) is 2.82. The van der Waals surface area contributed by atoms with Gasteiger partial charge in [-0.15, -0.1) is 11.3 Å². The number of hydrogen-bond acceptors (Lipinski definition) is 6.